The molecule has 0 radical (unpaired) electrons. The van der Waals surface area contributed by atoms with Crippen LogP contribution in [0.25, 0.3) is 0 Å². The lowest BCUT2D eigenvalue weighted by atomic mass is 9.75. The molecule has 0 spiro atoms. The third-order valence-corrected chi connectivity index (χ3v) is 6.65. The van der Waals surface area contributed by atoms with Crippen molar-refractivity contribution in [2.24, 2.45) is 5.92 Å². The summed E-state index contributed by atoms with van der Waals surface area (Å²) in [6.07, 6.45) is 1.90. The number of benzene rings is 2. The molecule has 3 unspecified atom stereocenters. The minimum absolute atomic E-state index is 0.0809. The normalized spacial score (nSPS) is 27.5. The second-order valence-corrected chi connectivity index (χ2v) is 8.21. The van der Waals surface area contributed by atoms with E-state index >= 15 is 0 Å². The molecule has 3 aliphatic rings. The highest BCUT2D eigenvalue weighted by Crippen LogP contribution is 2.53. The smallest absolute Gasteiger partial charge is 0.313 e. The van der Waals surface area contributed by atoms with Gasteiger partial charge >= 0.3 is 5.97 Å². The Morgan fingerprint density at radius 3 is 2.61 bits per heavy atom. The average Bonchev–Trinajstić information content (AvgIpc) is 3.43. The first kappa shape index (κ1) is 17.3. The molecule has 1 aliphatic carbocycles. The number of rotatable bonds is 3. The van der Waals surface area contributed by atoms with E-state index in [1.165, 1.54) is 5.56 Å². The minimum atomic E-state index is -0.901. The summed E-state index contributed by atoms with van der Waals surface area (Å²) in [5.74, 6) is 0.224. The van der Waals surface area contributed by atoms with Crippen LogP contribution >= 0.6 is 0 Å². The van der Waals surface area contributed by atoms with Gasteiger partial charge in [0.15, 0.2) is 0 Å². The van der Waals surface area contributed by atoms with Gasteiger partial charge in [-0.05, 0) is 59.1 Å². The molecule has 1 amide bonds. The van der Waals surface area contributed by atoms with Crippen LogP contribution in [-0.2, 0) is 11.2 Å². The van der Waals surface area contributed by atoms with Crippen molar-refractivity contribution in [3.05, 3.63) is 64.2 Å². The van der Waals surface area contributed by atoms with Crippen molar-refractivity contribution in [3.8, 4) is 5.75 Å². The van der Waals surface area contributed by atoms with Gasteiger partial charge < -0.3 is 14.7 Å². The first-order valence-electron chi connectivity index (χ1n) is 9.84. The number of carboxylic acids is 1. The molecule has 0 aromatic heterocycles. The molecular formula is C23H23NO4. The highest BCUT2D eigenvalue weighted by Gasteiger charge is 2.47. The number of carbonyl (C=O) groups is 2. The summed E-state index contributed by atoms with van der Waals surface area (Å²) >= 11 is 0. The standard InChI is InChI=1S/C23H23NO4/c1-12-9-16(12)18-10-13-7-8-24-21(17(13)11-19(18)28-2)20(23(26)27)14-5-3-4-6-15(14)22(24)25/h3-6,10-12,16,20-21H,7-9H2,1-2H3,(H,26,27)/t12?,16?,20-,21?/m0/s1. The van der Waals surface area contributed by atoms with E-state index in [1.807, 2.05) is 6.07 Å². The molecule has 4 atom stereocenters. The van der Waals surface area contributed by atoms with Gasteiger partial charge in [0.25, 0.3) is 5.91 Å². The lowest BCUT2D eigenvalue weighted by Gasteiger charge is -2.44. The Balaban J connectivity index is 1.69. The van der Waals surface area contributed by atoms with E-state index in [-0.39, 0.29) is 5.91 Å². The molecule has 2 heterocycles. The zero-order valence-corrected chi connectivity index (χ0v) is 16.0. The number of nitrogens with zero attached hydrogens (tertiary/aromatic N) is 1. The van der Waals surface area contributed by atoms with Crippen LogP contribution < -0.4 is 4.74 Å². The molecule has 5 rings (SSSR count). The Morgan fingerprint density at radius 2 is 1.93 bits per heavy atom. The number of ether oxygens (including phenoxy) is 1. The maximum atomic E-state index is 13.1. The Morgan fingerprint density at radius 1 is 1.18 bits per heavy atom. The second kappa shape index (κ2) is 6.09. The number of hydrogen-bond acceptors (Lipinski definition) is 3. The Kier molecular flexibility index (Phi) is 3.76. The van der Waals surface area contributed by atoms with Gasteiger partial charge in [0, 0.05) is 12.1 Å². The molecule has 5 heteroatoms. The summed E-state index contributed by atoms with van der Waals surface area (Å²) in [4.78, 5) is 27.2. The van der Waals surface area contributed by atoms with Crippen LogP contribution in [0.15, 0.2) is 36.4 Å². The molecule has 0 bridgehead atoms. The number of methoxy groups -OCH3 is 1. The van der Waals surface area contributed by atoms with Crippen LogP contribution in [0.5, 0.6) is 5.75 Å². The Bertz CT molecular complexity index is 998. The van der Waals surface area contributed by atoms with E-state index in [1.54, 1.807) is 36.3 Å². The van der Waals surface area contributed by atoms with Crippen molar-refractivity contribution in [1.29, 1.82) is 0 Å². The summed E-state index contributed by atoms with van der Waals surface area (Å²) in [7, 11) is 1.66. The fourth-order valence-corrected chi connectivity index (χ4v) is 5.06. The summed E-state index contributed by atoms with van der Waals surface area (Å²) < 4.78 is 5.68. The van der Waals surface area contributed by atoms with Gasteiger partial charge in [-0.3, -0.25) is 9.59 Å². The topological polar surface area (TPSA) is 66.8 Å². The summed E-state index contributed by atoms with van der Waals surface area (Å²) in [6.45, 7) is 2.78. The molecule has 0 saturated heterocycles. The molecule has 2 aromatic carbocycles. The number of carboxylic acid groups (broad SMARTS) is 1. The lowest BCUT2D eigenvalue weighted by Crippen LogP contribution is -2.48. The quantitative estimate of drug-likeness (QED) is 0.885. The van der Waals surface area contributed by atoms with Crippen molar-refractivity contribution in [3.63, 3.8) is 0 Å². The lowest BCUT2D eigenvalue weighted by molar-refractivity contribution is -0.140. The fraction of sp³-hybridized carbons (Fsp3) is 0.391. The third kappa shape index (κ3) is 2.38. The zero-order chi connectivity index (χ0) is 19.6. The first-order valence-corrected chi connectivity index (χ1v) is 9.84. The largest absolute Gasteiger partial charge is 0.496 e. The monoisotopic (exact) mass is 377 g/mol. The molecule has 28 heavy (non-hydrogen) atoms. The van der Waals surface area contributed by atoms with Gasteiger partial charge in [0.1, 0.15) is 11.7 Å². The van der Waals surface area contributed by atoms with E-state index < -0.39 is 17.9 Å². The van der Waals surface area contributed by atoms with E-state index in [9.17, 15) is 14.7 Å². The van der Waals surface area contributed by atoms with E-state index in [0.717, 1.165) is 29.7 Å². The molecule has 2 aliphatic heterocycles. The van der Waals surface area contributed by atoms with Gasteiger partial charge in [-0.1, -0.05) is 31.2 Å². The van der Waals surface area contributed by atoms with Crippen molar-refractivity contribution < 1.29 is 19.4 Å². The van der Waals surface area contributed by atoms with Crippen molar-refractivity contribution in [2.45, 2.75) is 37.6 Å². The van der Waals surface area contributed by atoms with Gasteiger partial charge in [0.2, 0.25) is 0 Å². The van der Waals surface area contributed by atoms with E-state index in [4.69, 9.17) is 4.74 Å². The van der Waals surface area contributed by atoms with Crippen LogP contribution in [0.1, 0.15) is 63.8 Å². The van der Waals surface area contributed by atoms with Crippen molar-refractivity contribution in [2.75, 3.05) is 13.7 Å². The molecule has 1 N–H and O–H groups in total. The van der Waals surface area contributed by atoms with Crippen molar-refractivity contribution >= 4 is 11.9 Å². The van der Waals surface area contributed by atoms with E-state index in [2.05, 4.69) is 13.0 Å². The minimum Gasteiger partial charge on any atom is -0.496 e. The molecule has 5 nitrogen and oxygen atoms in total. The van der Waals surface area contributed by atoms with Crippen LogP contribution in [-0.4, -0.2) is 35.5 Å². The Hall–Kier alpha value is -2.82. The first-order chi connectivity index (χ1) is 13.5. The fourth-order valence-electron chi connectivity index (χ4n) is 5.06. The van der Waals surface area contributed by atoms with E-state index in [0.29, 0.717) is 29.5 Å². The summed E-state index contributed by atoms with van der Waals surface area (Å²) in [5, 5.41) is 10.1. The maximum absolute atomic E-state index is 13.1. The van der Waals surface area contributed by atoms with Gasteiger partial charge in [-0.2, -0.15) is 0 Å². The number of amides is 1. The number of hydrogen-bond donors (Lipinski definition) is 1. The van der Waals surface area contributed by atoms with Gasteiger partial charge in [-0.25, -0.2) is 0 Å². The van der Waals surface area contributed by atoms with Crippen molar-refractivity contribution in [1.82, 2.24) is 4.90 Å². The second-order valence-electron chi connectivity index (χ2n) is 8.21. The number of aliphatic carboxylic acids is 1. The SMILES string of the molecule is COc1cc2c(cc1C1CC1C)CCN1C(=O)c3ccccc3[C@H](C(=O)O)C21. The Labute approximate surface area is 163 Å². The summed E-state index contributed by atoms with van der Waals surface area (Å²) in [6, 6.07) is 10.8. The highest BCUT2D eigenvalue weighted by atomic mass is 16.5. The molecule has 1 fully saturated rings. The average molecular weight is 377 g/mol. The van der Waals surface area contributed by atoms with Crippen LogP contribution in [0, 0.1) is 5.92 Å². The highest BCUT2D eigenvalue weighted by molar-refractivity contribution is 6.00. The molecular weight excluding hydrogens is 354 g/mol. The van der Waals surface area contributed by atoms with Gasteiger partial charge in [-0.15, -0.1) is 0 Å². The number of fused-ring (bicyclic) bond motifs is 4. The predicted molar refractivity (Wildman–Crippen MR) is 104 cm³/mol. The predicted octanol–water partition coefficient (Wildman–Crippen LogP) is 3.74. The third-order valence-electron chi connectivity index (χ3n) is 6.65. The maximum Gasteiger partial charge on any atom is 0.313 e. The number of carbonyl (C=O) groups excluding carboxylic acids is 1. The van der Waals surface area contributed by atoms with Crippen LogP contribution in [0.2, 0.25) is 0 Å². The molecule has 144 valence electrons. The molecule has 1 saturated carbocycles. The summed E-state index contributed by atoms with van der Waals surface area (Å²) in [5.41, 5.74) is 4.39. The van der Waals surface area contributed by atoms with Gasteiger partial charge in [0.05, 0.1) is 13.2 Å². The zero-order valence-electron chi connectivity index (χ0n) is 16.0. The van der Waals surface area contributed by atoms with Crippen LogP contribution in [0.3, 0.4) is 0 Å². The van der Waals surface area contributed by atoms with Crippen LogP contribution in [0.4, 0.5) is 0 Å². The molecule has 2 aromatic rings.